The van der Waals surface area contributed by atoms with E-state index in [1.54, 1.807) is 17.1 Å². The maximum Gasteiger partial charge on any atom is 0.140 e. The summed E-state index contributed by atoms with van der Waals surface area (Å²) in [7, 11) is 3.96. The van der Waals surface area contributed by atoms with E-state index in [-0.39, 0.29) is 0 Å². The second kappa shape index (κ2) is 7.19. The Hall–Kier alpha value is -0.470. The third kappa shape index (κ3) is 4.04. The summed E-state index contributed by atoms with van der Waals surface area (Å²) in [4.78, 5) is 6.30. The number of aliphatic hydroxyl groups excluding tert-OH is 1. The molecular weight excluding hydrogens is 423 g/mol. The highest BCUT2D eigenvalue weighted by molar-refractivity contribution is 9.11. The van der Waals surface area contributed by atoms with Crippen molar-refractivity contribution in [1.82, 2.24) is 19.7 Å². The molecule has 21 heavy (non-hydrogen) atoms. The van der Waals surface area contributed by atoms with Gasteiger partial charge in [0.15, 0.2) is 0 Å². The summed E-state index contributed by atoms with van der Waals surface area (Å²) in [5, 5.41) is 15.3. The van der Waals surface area contributed by atoms with Gasteiger partial charge >= 0.3 is 0 Å². The van der Waals surface area contributed by atoms with E-state index in [1.807, 2.05) is 25.1 Å². The van der Waals surface area contributed by atoms with Crippen molar-refractivity contribution in [3.63, 3.8) is 0 Å². The molecule has 1 N–H and O–H groups in total. The van der Waals surface area contributed by atoms with E-state index in [4.69, 9.17) is 11.6 Å². The van der Waals surface area contributed by atoms with Crippen molar-refractivity contribution in [2.75, 3.05) is 20.6 Å². The molecule has 5 nitrogen and oxygen atoms in total. The van der Waals surface area contributed by atoms with Crippen LogP contribution in [0.5, 0.6) is 0 Å². The van der Waals surface area contributed by atoms with E-state index in [2.05, 4.69) is 41.9 Å². The summed E-state index contributed by atoms with van der Waals surface area (Å²) in [6, 6.07) is 1.83. The maximum absolute atomic E-state index is 10.6. The summed E-state index contributed by atoms with van der Waals surface area (Å²) in [5.74, 6) is 0. The topological polar surface area (TPSA) is 54.2 Å². The number of likely N-dealkylation sites (N-methyl/N-ethyl adjacent to an activating group) is 1. The van der Waals surface area contributed by atoms with E-state index in [0.717, 1.165) is 11.0 Å². The zero-order valence-corrected chi connectivity index (χ0v) is 15.5. The van der Waals surface area contributed by atoms with Crippen LogP contribution in [0, 0.1) is 0 Å². The van der Waals surface area contributed by atoms with Gasteiger partial charge in [-0.1, -0.05) is 11.6 Å². The lowest BCUT2D eigenvalue weighted by molar-refractivity contribution is 0.200. The first-order valence-corrected chi connectivity index (χ1v) is 8.21. The molecule has 0 saturated heterocycles. The minimum atomic E-state index is -0.940. The minimum Gasteiger partial charge on any atom is -0.380 e. The Morgan fingerprint density at radius 2 is 2.10 bits per heavy atom. The molecule has 2 aromatic rings. The van der Waals surface area contributed by atoms with Crippen molar-refractivity contribution >= 4 is 43.5 Å². The maximum atomic E-state index is 10.6. The third-order valence-electron chi connectivity index (χ3n) is 2.95. The van der Waals surface area contributed by atoms with E-state index in [9.17, 15) is 5.11 Å². The average Bonchev–Trinajstić information content (AvgIpc) is 2.77. The number of hydrogen-bond acceptors (Lipinski definition) is 4. The fourth-order valence-electron chi connectivity index (χ4n) is 1.87. The molecule has 0 aromatic carbocycles. The molecule has 114 valence electrons. The highest BCUT2D eigenvalue weighted by atomic mass is 79.9. The summed E-state index contributed by atoms with van der Waals surface area (Å²) >= 11 is 12.9. The molecule has 0 aliphatic carbocycles. The molecule has 0 spiro atoms. The van der Waals surface area contributed by atoms with Gasteiger partial charge in [0.25, 0.3) is 0 Å². The SMILES string of the molecule is CN(C)CCn1ncc(Cl)c1C(O)c1ncc(Br)cc1Br. The summed E-state index contributed by atoms with van der Waals surface area (Å²) < 4.78 is 3.25. The van der Waals surface area contributed by atoms with Gasteiger partial charge in [-0.3, -0.25) is 9.67 Å². The van der Waals surface area contributed by atoms with Gasteiger partial charge in [0.05, 0.1) is 29.2 Å². The molecule has 1 unspecified atom stereocenters. The number of nitrogens with zero attached hydrogens (tertiary/aromatic N) is 4. The third-order valence-corrected chi connectivity index (χ3v) is 4.31. The predicted octanol–water partition coefficient (Wildman–Crippen LogP) is 3.10. The Balaban J connectivity index is 2.34. The first-order chi connectivity index (χ1) is 9.90. The molecule has 0 amide bonds. The van der Waals surface area contributed by atoms with Gasteiger partial charge in [-0.05, 0) is 52.0 Å². The van der Waals surface area contributed by atoms with Gasteiger partial charge in [0, 0.05) is 21.7 Å². The Kier molecular flexibility index (Phi) is 5.79. The Morgan fingerprint density at radius 1 is 1.38 bits per heavy atom. The fraction of sp³-hybridized carbons (Fsp3) is 0.385. The van der Waals surface area contributed by atoms with Crippen molar-refractivity contribution in [3.8, 4) is 0 Å². The van der Waals surface area contributed by atoms with Crippen molar-refractivity contribution < 1.29 is 5.11 Å². The van der Waals surface area contributed by atoms with E-state index >= 15 is 0 Å². The average molecular weight is 439 g/mol. The molecule has 0 aliphatic heterocycles. The van der Waals surface area contributed by atoms with Crippen molar-refractivity contribution in [1.29, 1.82) is 0 Å². The number of aliphatic hydroxyl groups is 1. The van der Waals surface area contributed by atoms with Crippen LogP contribution in [0.2, 0.25) is 5.02 Å². The molecule has 1 atom stereocenters. The number of hydrogen-bond donors (Lipinski definition) is 1. The number of halogens is 3. The molecule has 0 aliphatic rings. The lowest BCUT2D eigenvalue weighted by Crippen LogP contribution is -2.21. The Bertz CT molecular complexity index is 633. The van der Waals surface area contributed by atoms with Crippen LogP contribution >= 0.6 is 43.5 Å². The molecule has 2 rings (SSSR count). The first-order valence-electron chi connectivity index (χ1n) is 6.25. The highest BCUT2D eigenvalue weighted by Crippen LogP contribution is 2.32. The van der Waals surface area contributed by atoms with Gasteiger partial charge in [-0.2, -0.15) is 5.10 Å². The van der Waals surface area contributed by atoms with Gasteiger partial charge < -0.3 is 10.0 Å². The second-order valence-electron chi connectivity index (χ2n) is 4.83. The van der Waals surface area contributed by atoms with E-state index < -0.39 is 6.10 Å². The van der Waals surface area contributed by atoms with Gasteiger partial charge in [-0.25, -0.2) is 0 Å². The first kappa shape index (κ1) is 16.9. The van der Waals surface area contributed by atoms with Crippen LogP contribution in [0.3, 0.4) is 0 Å². The van der Waals surface area contributed by atoms with Crippen LogP contribution in [0.1, 0.15) is 17.5 Å². The Labute approximate surface area is 145 Å². The minimum absolute atomic E-state index is 0.429. The van der Waals surface area contributed by atoms with Crippen LogP contribution in [0.25, 0.3) is 0 Å². The molecular formula is C13H15Br2ClN4O. The zero-order valence-electron chi connectivity index (χ0n) is 11.6. The summed E-state index contributed by atoms with van der Waals surface area (Å²) in [6.45, 7) is 1.44. The standard InChI is InChI=1S/C13H15Br2ClN4O/c1-19(2)3-4-20-12(10(16)7-18-20)13(21)11-9(15)5-8(14)6-17-11/h5-7,13,21H,3-4H2,1-2H3. The van der Waals surface area contributed by atoms with E-state index in [0.29, 0.717) is 27.4 Å². The number of pyridine rings is 1. The van der Waals surface area contributed by atoms with Crippen LogP contribution in [0.4, 0.5) is 0 Å². The molecule has 0 bridgehead atoms. The second-order valence-corrected chi connectivity index (χ2v) is 7.00. The smallest absolute Gasteiger partial charge is 0.140 e. The zero-order chi connectivity index (χ0) is 15.6. The molecule has 0 saturated carbocycles. The largest absolute Gasteiger partial charge is 0.380 e. The number of aromatic nitrogens is 3. The van der Waals surface area contributed by atoms with Crippen LogP contribution in [-0.2, 0) is 6.54 Å². The van der Waals surface area contributed by atoms with Crippen LogP contribution in [0.15, 0.2) is 27.4 Å². The summed E-state index contributed by atoms with van der Waals surface area (Å²) in [5.41, 5.74) is 1.06. The van der Waals surface area contributed by atoms with Gasteiger partial charge in [-0.15, -0.1) is 0 Å². The van der Waals surface area contributed by atoms with E-state index in [1.165, 1.54) is 0 Å². The van der Waals surface area contributed by atoms with Gasteiger partial charge in [0.2, 0.25) is 0 Å². The quantitative estimate of drug-likeness (QED) is 0.780. The summed E-state index contributed by atoms with van der Waals surface area (Å²) in [6.07, 6.45) is 2.24. The molecule has 0 radical (unpaired) electrons. The predicted molar refractivity (Wildman–Crippen MR) is 89.5 cm³/mol. The van der Waals surface area contributed by atoms with Crippen molar-refractivity contribution in [3.05, 3.63) is 43.8 Å². The lowest BCUT2D eigenvalue weighted by atomic mass is 10.1. The highest BCUT2D eigenvalue weighted by Gasteiger charge is 2.23. The lowest BCUT2D eigenvalue weighted by Gasteiger charge is -2.16. The van der Waals surface area contributed by atoms with Gasteiger partial charge in [0.1, 0.15) is 6.10 Å². The van der Waals surface area contributed by atoms with Crippen LogP contribution < -0.4 is 0 Å². The number of rotatable bonds is 5. The normalized spacial score (nSPS) is 12.9. The Morgan fingerprint density at radius 3 is 2.71 bits per heavy atom. The van der Waals surface area contributed by atoms with Crippen LogP contribution in [-0.4, -0.2) is 45.4 Å². The fourth-order valence-corrected chi connectivity index (χ4v) is 3.32. The van der Waals surface area contributed by atoms with Crippen molar-refractivity contribution in [2.45, 2.75) is 12.6 Å². The van der Waals surface area contributed by atoms with Crippen molar-refractivity contribution in [2.24, 2.45) is 0 Å². The molecule has 0 fully saturated rings. The molecule has 2 aromatic heterocycles. The molecule has 8 heteroatoms. The monoisotopic (exact) mass is 436 g/mol. The molecule has 2 heterocycles.